The Morgan fingerprint density at radius 3 is 2.14 bits per heavy atom. The van der Waals surface area contributed by atoms with E-state index in [9.17, 15) is 13.5 Å². The highest BCUT2D eigenvalue weighted by Crippen LogP contribution is 2.35. The average Bonchev–Trinajstić information content (AvgIpc) is 2.87. The summed E-state index contributed by atoms with van der Waals surface area (Å²) in [6.45, 7) is 0.0424. The molecule has 0 N–H and O–H groups in total. The Morgan fingerprint density at radius 1 is 0.917 bits per heavy atom. The standard InChI is InChI=1S/C26H28N2O7S/c1-32-20-15-24(34-3)21(25(16-20)35-4)10-13-36(30,31)18-19-8-9-23(33-2)22(14-19)27-26(29)17-28-11-6-5-7-12-28/h5-16H,17-18H2,1-4H3/b13-10+. The number of rotatable bonds is 11. The number of hydrogen-bond donors (Lipinski definition) is 0. The Hall–Kier alpha value is -4.05. The van der Waals surface area contributed by atoms with Gasteiger partial charge in [-0.1, -0.05) is 12.1 Å². The maximum absolute atomic E-state index is 12.9. The molecule has 0 spiro atoms. The minimum atomic E-state index is -3.71. The van der Waals surface area contributed by atoms with Crippen LogP contribution in [0.2, 0.25) is 0 Å². The van der Waals surface area contributed by atoms with Gasteiger partial charge in [0, 0.05) is 35.6 Å². The van der Waals surface area contributed by atoms with E-state index in [-0.39, 0.29) is 18.0 Å². The Balaban J connectivity index is 1.86. The Morgan fingerprint density at radius 2 is 1.56 bits per heavy atom. The molecule has 0 aliphatic heterocycles. The summed E-state index contributed by atoms with van der Waals surface area (Å²) in [4.78, 5) is 4.13. The third kappa shape index (κ3) is 6.98. The van der Waals surface area contributed by atoms with E-state index < -0.39 is 15.7 Å². The van der Waals surface area contributed by atoms with Crippen LogP contribution >= 0.6 is 0 Å². The molecule has 0 aliphatic carbocycles. The molecule has 0 saturated heterocycles. The lowest BCUT2D eigenvalue weighted by Crippen LogP contribution is -2.41. The molecular weight excluding hydrogens is 484 g/mol. The summed E-state index contributed by atoms with van der Waals surface area (Å²) in [6, 6.07) is 13.5. The molecule has 0 unspecified atom stereocenters. The van der Waals surface area contributed by atoms with E-state index in [2.05, 4.69) is 4.99 Å². The second-order valence-corrected chi connectivity index (χ2v) is 9.50. The molecule has 0 bridgehead atoms. The second-order valence-electron chi connectivity index (χ2n) is 7.62. The number of hydrogen-bond acceptors (Lipinski definition) is 8. The fourth-order valence-electron chi connectivity index (χ4n) is 3.43. The number of aliphatic imine (C=N–C) groups is 1. The van der Waals surface area contributed by atoms with Crippen molar-refractivity contribution in [3.63, 3.8) is 0 Å². The van der Waals surface area contributed by atoms with Crippen molar-refractivity contribution in [1.29, 1.82) is 0 Å². The van der Waals surface area contributed by atoms with Gasteiger partial charge in [-0.25, -0.2) is 13.0 Å². The van der Waals surface area contributed by atoms with Crippen LogP contribution < -0.4 is 28.6 Å². The van der Waals surface area contributed by atoms with E-state index in [1.807, 2.05) is 18.2 Å². The molecule has 0 radical (unpaired) electrons. The van der Waals surface area contributed by atoms with Crippen LogP contribution in [0.4, 0.5) is 5.69 Å². The maximum Gasteiger partial charge on any atom is 0.176 e. The fraction of sp³-hybridized carbons (Fsp3) is 0.231. The third-order valence-corrected chi connectivity index (χ3v) is 6.43. The lowest BCUT2D eigenvalue weighted by atomic mass is 10.1. The van der Waals surface area contributed by atoms with Crippen LogP contribution in [0.25, 0.3) is 6.08 Å². The lowest BCUT2D eigenvalue weighted by molar-refractivity contribution is -0.687. The number of benzene rings is 2. The van der Waals surface area contributed by atoms with Gasteiger partial charge in [-0.15, -0.1) is 0 Å². The van der Waals surface area contributed by atoms with E-state index in [0.29, 0.717) is 34.1 Å². The normalized spacial score (nSPS) is 11.9. The third-order valence-electron chi connectivity index (χ3n) is 5.15. The van der Waals surface area contributed by atoms with Gasteiger partial charge >= 0.3 is 0 Å². The molecule has 0 fully saturated rings. The van der Waals surface area contributed by atoms with Crippen molar-refractivity contribution in [2.75, 3.05) is 28.4 Å². The molecule has 9 nitrogen and oxygen atoms in total. The first-order valence-electron chi connectivity index (χ1n) is 10.8. The zero-order valence-corrected chi connectivity index (χ0v) is 21.3. The quantitative estimate of drug-likeness (QED) is 0.221. The van der Waals surface area contributed by atoms with Crippen LogP contribution in [0.5, 0.6) is 23.0 Å². The number of aromatic nitrogens is 1. The minimum absolute atomic E-state index is 0.0424. The molecule has 2 aromatic carbocycles. The number of ether oxygens (including phenoxy) is 4. The topological polar surface area (TPSA) is 110 Å². The van der Waals surface area contributed by atoms with Crippen molar-refractivity contribution >= 4 is 27.5 Å². The maximum atomic E-state index is 12.9. The number of methoxy groups -OCH3 is 4. The number of pyridine rings is 1. The highest BCUT2D eigenvalue weighted by molar-refractivity contribution is 7.93. The van der Waals surface area contributed by atoms with E-state index >= 15 is 0 Å². The molecule has 0 amide bonds. The van der Waals surface area contributed by atoms with Crippen molar-refractivity contribution in [1.82, 2.24) is 0 Å². The molecule has 3 aromatic rings. The van der Waals surface area contributed by atoms with Crippen molar-refractivity contribution in [3.05, 3.63) is 77.5 Å². The predicted octanol–water partition coefficient (Wildman–Crippen LogP) is 2.68. The molecule has 0 atom stereocenters. The summed E-state index contributed by atoms with van der Waals surface area (Å²) in [7, 11) is 2.21. The smallest absolute Gasteiger partial charge is 0.176 e. The molecule has 1 heterocycles. The summed E-state index contributed by atoms with van der Waals surface area (Å²) in [5.41, 5.74) is 1.17. The molecule has 190 valence electrons. The van der Waals surface area contributed by atoms with Crippen LogP contribution in [0.3, 0.4) is 0 Å². The van der Waals surface area contributed by atoms with E-state index in [0.717, 1.165) is 5.41 Å². The van der Waals surface area contributed by atoms with Crippen molar-refractivity contribution in [3.8, 4) is 23.0 Å². The summed E-state index contributed by atoms with van der Waals surface area (Å²) in [5.74, 6) is 0.974. The number of sulfone groups is 1. The monoisotopic (exact) mass is 512 g/mol. The molecular formula is C26H28N2O7S. The van der Waals surface area contributed by atoms with Crippen molar-refractivity contribution in [2.24, 2.45) is 4.99 Å². The van der Waals surface area contributed by atoms with Crippen LogP contribution in [0.15, 0.2) is 71.3 Å². The highest BCUT2D eigenvalue weighted by Gasteiger charge is 2.15. The minimum Gasteiger partial charge on any atom is -0.857 e. The Bertz CT molecular complexity index is 1330. The Kier molecular flexibility index (Phi) is 8.91. The van der Waals surface area contributed by atoms with Crippen LogP contribution in [0.1, 0.15) is 11.1 Å². The summed E-state index contributed by atoms with van der Waals surface area (Å²) < 4.78 is 48.8. The van der Waals surface area contributed by atoms with Gasteiger partial charge in [0.15, 0.2) is 28.8 Å². The van der Waals surface area contributed by atoms with Gasteiger partial charge in [0.1, 0.15) is 28.7 Å². The second kappa shape index (κ2) is 12.1. The predicted molar refractivity (Wildman–Crippen MR) is 134 cm³/mol. The summed E-state index contributed by atoms with van der Waals surface area (Å²) >= 11 is 0. The average molecular weight is 513 g/mol. The van der Waals surface area contributed by atoms with Crippen molar-refractivity contribution < 1.29 is 37.0 Å². The zero-order chi connectivity index (χ0) is 26.1. The van der Waals surface area contributed by atoms with Gasteiger partial charge in [0.05, 0.1) is 39.8 Å². The van der Waals surface area contributed by atoms with Gasteiger partial charge in [0.25, 0.3) is 0 Å². The largest absolute Gasteiger partial charge is 0.857 e. The highest BCUT2D eigenvalue weighted by atomic mass is 32.2. The molecule has 10 heteroatoms. The summed E-state index contributed by atoms with van der Waals surface area (Å²) in [6.07, 6.45) is 4.93. The molecule has 3 rings (SSSR count). The molecule has 0 saturated carbocycles. The first-order valence-corrected chi connectivity index (χ1v) is 12.6. The SMILES string of the molecule is COc1cc(OC)c(/C=C/S(=O)(=O)Cc2ccc(OC)c(N=C([O-])C[n+]3ccccc3)c2)c(OC)c1. The fourth-order valence-corrected chi connectivity index (χ4v) is 4.51. The van der Waals surface area contributed by atoms with Crippen LogP contribution in [0, 0.1) is 0 Å². The molecule has 36 heavy (non-hydrogen) atoms. The number of nitrogens with zero attached hydrogens (tertiary/aromatic N) is 2. The van der Waals surface area contributed by atoms with E-state index in [4.69, 9.17) is 18.9 Å². The van der Waals surface area contributed by atoms with Gasteiger partial charge < -0.3 is 24.1 Å². The lowest BCUT2D eigenvalue weighted by Gasteiger charge is -2.13. The van der Waals surface area contributed by atoms with Gasteiger partial charge in [0.2, 0.25) is 0 Å². The summed E-state index contributed by atoms with van der Waals surface area (Å²) in [5, 5.41) is 13.6. The van der Waals surface area contributed by atoms with Gasteiger partial charge in [-0.3, -0.25) is 4.99 Å². The van der Waals surface area contributed by atoms with Crippen molar-refractivity contribution in [2.45, 2.75) is 12.3 Å². The van der Waals surface area contributed by atoms with Gasteiger partial charge in [-0.05, 0) is 23.8 Å². The van der Waals surface area contributed by atoms with E-state index in [1.165, 1.54) is 40.6 Å². The van der Waals surface area contributed by atoms with Gasteiger partial charge in [-0.2, -0.15) is 0 Å². The first-order chi connectivity index (χ1) is 17.3. The van der Waals surface area contributed by atoms with Crippen LogP contribution in [-0.4, -0.2) is 42.8 Å². The molecule has 0 aliphatic rings. The van der Waals surface area contributed by atoms with Crippen LogP contribution in [-0.2, 0) is 22.1 Å². The van der Waals surface area contributed by atoms with E-state index in [1.54, 1.807) is 41.2 Å². The Labute approximate surface area is 210 Å². The first kappa shape index (κ1) is 26.6. The molecule has 1 aromatic heterocycles. The zero-order valence-electron chi connectivity index (χ0n) is 20.5.